The molecule has 0 unspecified atom stereocenters. The van der Waals surface area contributed by atoms with Crippen molar-refractivity contribution in [1.29, 1.82) is 0 Å². The molecule has 1 heterocycles. The second kappa shape index (κ2) is 5.95. The molecule has 1 aromatic carbocycles. The van der Waals surface area contributed by atoms with Crippen LogP contribution in [0.3, 0.4) is 0 Å². The average molecular weight is 271 g/mol. The summed E-state index contributed by atoms with van der Waals surface area (Å²) in [6.45, 7) is 8.47. The fraction of sp³-hybridized carbons (Fsp3) is 0.353. The predicted octanol–water partition coefficient (Wildman–Crippen LogP) is 4.19. The zero-order valence-electron chi connectivity index (χ0n) is 12.5. The van der Waals surface area contributed by atoms with Gasteiger partial charge in [0.15, 0.2) is 0 Å². The van der Waals surface area contributed by atoms with Gasteiger partial charge >= 0.3 is 5.97 Å². The van der Waals surface area contributed by atoms with Gasteiger partial charge in [0.1, 0.15) is 0 Å². The Labute approximate surface area is 119 Å². The Morgan fingerprint density at radius 3 is 2.75 bits per heavy atom. The maximum absolute atomic E-state index is 11.5. The van der Waals surface area contributed by atoms with Crippen molar-refractivity contribution in [2.75, 3.05) is 6.61 Å². The highest BCUT2D eigenvalue weighted by molar-refractivity contribution is 5.92. The molecule has 106 valence electrons. The summed E-state index contributed by atoms with van der Waals surface area (Å²) < 4.78 is 7.18. The molecule has 1 aromatic heterocycles. The topological polar surface area (TPSA) is 31.2 Å². The molecule has 0 N–H and O–H groups in total. The van der Waals surface area contributed by atoms with Crippen LogP contribution >= 0.6 is 0 Å². The quantitative estimate of drug-likeness (QED) is 0.616. The fourth-order valence-corrected chi connectivity index (χ4v) is 2.30. The first-order valence-corrected chi connectivity index (χ1v) is 6.99. The molecule has 0 radical (unpaired) electrons. The minimum Gasteiger partial charge on any atom is -0.463 e. The number of carbonyl (C=O) groups excluding carboxylic acids is 1. The number of hydrogen-bond acceptors (Lipinski definition) is 2. The molecular formula is C17H21NO2. The maximum atomic E-state index is 11.5. The van der Waals surface area contributed by atoms with Gasteiger partial charge < -0.3 is 9.30 Å². The van der Waals surface area contributed by atoms with Crippen LogP contribution in [0.15, 0.2) is 36.5 Å². The lowest BCUT2D eigenvalue weighted by Gasteiger charge is -2.09. The highest BCUT2D eigenvalue weighted by Crippen LogP contribution is 2.24. The number of ether oxygens (including phenoxy) is 1. The van der Waals surface area contributed by atoms with Gasteiger partial charge in [0.25, 0.3) is 0 Å². The van der Waals surface area contributed by atoms with Crippen molar-refractivity contribution in [3.63, 3.8) is 0 Å². The molecule has 0 aliphatic rings. The van der Waals surface area contributed by atoms with Gasteiger partial charge in [-0.1, -0.05) is 6.07 Å². The summed E-state index contributed by atoms with van der Waals surface area (Å²) >= 11 is 0. The Balaban J connectivity index is 2.35. The summed E-state index contributed by atoms with van der Waals surface area (Å²) in [5, 5.41) is 1.19. The molecule has 3 nitrogen and oxygen atoms in total. The third kappa shape index (κ3) is 2.93. The van der Waals surface area contributed by atoms with E-state index in [1.165, 1.54) is 10.9 Å². The van der Waals surface area contributed by atoms with Crippen LogP contribution < -0.4 is 0 Å². The minimum atomic E-state index is -0.287. The molecule has 0 saturated heterocycles. The molecule has 3 heteroatoms. The summed E-state index contributed by atoms with van der Waals surface area (Å²) in [7, 11) is 0. The molecule has 0 aliphatic carbocycles. The van der Waals surface area contributed by atoms with E-state index in [1.807, 2.05) is 19.9 Å². The van der Waals surface area contributed by atoms with Gasteiger partial charge in [0.2, 0.25) is 0 Å². The highest BCUT2D eigenvalue weighted by atomic mass is 16.5. The standard InChI is InChI=1S/C17H21NO2/c1-5-20-17(19)10-13(4)14-6-7-16-15(11-14)8-9-18(16)12(2)3/h6-12H,5H2,1-4H3/b13-10+. The monoisotopic (exact) mass is 271 g/mol. The lowest BCUT2D eigenvalue weighted by Crippen LogP contribution is -2.00. The van der Waals surface area contributed by atoms with Crippen LogP contribution in [0.1, 0.15) is 39.3 Å². The van der Waals surface area contributed by atoms with Crippen molar-refractivity contribution in [3.8, 4) is 0 Å². The van der Waals surface area contributed by atoms with Crippen LogP contribution in [0.2, 0.25) is 0 Å². The molecule has 0 fully saturated rings. The fourth-order valence-electron chi connectivity index (χ4n) is 2.30. The van der Waals surface area contributed by atoms with Gasteiger partial charge in [-0.15, -0.1) is 0 Å². The normalized spacial score (nSPS) is 12.2. The second-order valence-electron chi connectivity index (χ2n) is 5.17. The summed E-state index contributed by atoms with van der Waals surface area (Å²) in [4.78, 5) is 11.5. The van der Waals surface area contributed by atoms with Crippen LogP contribution in [-0.4, -0.2) is 17.1 Å². The molecule has 0 bridgehead atoms. The third-order valence-corrected chi connectivity index (χ3v) is 3.35. The predicted molar refractivity (Wildman–Crippen MR) is 82.6 cm³/mol. The van der Waals surface area contributed by atoms with Gasteiger partial charge in [-0.2, -0.15) is 0 Å². The van der Waals surface area contributed by atoms with E-state index in [9.17, 15) is 4.79 Å². The van der Waals surface area contributed by atoms with Crippen molar-refractivity contribution >= 4 is 22.4 Å². The van der Waals surface area contributed by atoms with E-state index in [-0.39, 0.29) is 5.97 Å². The number of rotatable bonds is 4. The summed E-state index contributed by atoms with van der Waals surface area (Å²) in [6.07, 6.45) is 3.65. The van der Waals surface area contributed by atoms with Crippen molar-refractivity contribution in [2.45, 2.75) is 33.7 Å². The number of hydrogen-bond donors (Lipinski definition) is 0. The first-order valence-electron chi connectivity index (χ1n) is 6.99. The Bertz CT molecular complexity index is 650. The maximum Gasteiger partial charge on any atom is 0.331 e. The number of nitrogens with zero attached hydrogens (tertiary/aromatic N) is 1. The van der Waals surface area contributed by atoms with E-state index in [4.69, 9.17) is 4.74 Å². The van der Waals surface area contributed by atoms with E-state index in [2.05, 4.69) is 42.8 Å². The molecule has 2 aromatic rings. The summed E-state index contributed by atoms with van der Waals surface area (Å²) in [6, 6.07) is 8.81. The minimum absolute atomic E-state index is 0.287. The molecule has 2 rings (SSSR count). The molecule has 0 amide bonds. The molecule has 0 saturated carbocycles. The van der Waals surface area contributed by atoms with E-state index in [0.29, 0.717) is 12.6 Å². The number of fused-ring (bicyclic) bond motifs is 1. The first-order chi connectivity index (χ1) is 9.52. The SMILES string of the molecule is CCOC(=O)/C=C(\C)c1ccc2c(ccn2C(C)C)c1. The lowest BCUT2D eigenvalue weighted by molar-refractivity contribution is -0.137. The van der Waals surface area contributed by atoms with Gasteiger partial charge in [-0.3, -0.25) is 0 Å². The number of allylic oxidation sites excluding steroid dienone is 1. The van der Waals surface area contributed by atoms with Gasteiger partial charge in [0.05, 0.1) is 6.61 Å². The molecule has 0 spiro atoms. The van der Waals surface area contributed by atoms with Crippen LogP contribution in [0.5, 0.6) is 0 Å². The number of benzene rings is 1. The Kier molecular flexibility index (Phi) is 4.28. The van der Waals surface area contributed by atoms with E-state index in [0.717, 1.165) is 11.1 Å². The summed E-state index contributed by atoms with van der Waals surface area (Å²) in [5.74, 6) is -0.287. The van der Waals surface area contributed by atoms with Gasteiger partial charge in [0, 0.05) is 29.2 Å². The van der Waals surface area contributed by atoms with Crippen LogP contribution in [0.25, 0.3) is 16.5 Å². The Hall–Kier alpha value is -2.03. The average Bonchev–Trinajstić information content (AvgIpc) is 2.81. The molecule has 0 atom stereocenters. The second-order valence-corrected chi connectivity index (χ2v) is 5.17. The smallest absolute Gasteiger partial charge is 0.331 e. The van der Waals surface area contributed by atoms with Gasteiger partial charge in [-0.25, -0.2) is 4.79 Å². The molecule has 20 heavy (non-hydrogen) atoms. The van der Waals surface area contributed by atoms with E-state index < -0.39 is 0 Å². The zero-order chi connectivity index (χ0) is 14.7. The lowest BCUT2D eigenvalue weighted by atomic mass is 10.1. The number of carbonyl (C=O) groups is 1. The molecule has 0 aliphatic heterocycles. The Morgan fingerprint density at radius 2 is 2.10 bits per heavy atom. The van der Waals surface area contributed by atoms with Crippen molar-refractivity contribution in [2.24, 2.45) is 0 Å². The number of aromatic nitrogens is 1. The first kappa shape index (κ1) is 14.4. The van der Waals surface area contributed by atoms with Crippen molar-refractivity contribution in [1.82, 2.24) is 4.57 Å². The summed E-state index contributed by atoms with van der Waals surface area (Å²) in [5.41, 5.74) is 3.18. The molecular weight excluding hydrogens is 250 g/mol. The zero-order valence-corrected chi connectivity index (χ0v) is 12.5. The van der Waals surface area contributed by atoms with E-state index >= 15 is 0 Å². The third-order valence-electron chi connectivity index (χ3n) is 3.35. The highest BCUT2D eigenvalue weighted by Gasteiger charge is 2.06. The largest absolute Gasteiger partial charge is 0.463 e. The van der Waals surface area contributed by atoms with Crippen molar-refractivity contribution in [3.05, 3.63) is 42.1 Å². The van der Waals surface area contributed by atoms with Crippen molar-refractivity contribution < 1.29 is 9.53 Å². The van der Waals surface area contributed by atoms with Crippen LogP contribution in [0.4, 0.5) is 0 Å². The Morgan fingerprint density at radius 1 is 1.35 bits per heavy atom. The van der Waals surface area contributed by atoms with Gasteiger partial charge in [-0.05, 0) is 57.0 Å². The van der Waals surface area contributed by atoms with E-state index in [1.54, 1.807) is 6.08 Å². The van der Waals surface area contributed by atoms with Crippen LogP contribution in [0, 0.1) is 0 Å². The number of esters is 1. The van der Waals surface area contributed by atoms with Crippen LogP contribution in [-0.2, 0) is 9.53 Å².